The van der Waals surface area contributed by atoms with Crippen LogP contribution in [-0.2, 0) is 11.2 Å². The third-order valence-corrected chi connectivity index (χ3v) is 4.24. The van der Waals surface area contributed by atoms with E-state index in [-0.39, 0.29) is 12.1 Å². The second kappa shape index (κ2) is 8.66. The molecule has 0 bridgehead atoms. The van der Waals surface area contributed by atoms with Gasteiger partial charge in [-0.1, -0.05) is 23.7 Å². The van der Waals surface area contributed by atoms with Gasteiger partial charge in [0.05, 0.1) is 12.1 Å². The van der Waals surface area contributed by atoms with Crippen LogP contribution in [0.5, 0.6) is 0 Å². The number of halogens is 2. The summed E-state index contributed by atoms with van der Waals surface area (Å²) in [7, 11) is 0. The van der Waals surface area contributed by atoms with E-state index in [4.69, 9.17) is 11.6 Å². The summed E-state index contributed by atoms with van der Waals surface area (Å²) in [5, 5.41) is 4.64. The molecule has 0 saturated heterocycles. The lowest BCUT2D eigenvalue weighted by molar-refractivity contribution is -0.121. The van der Waals surface area contributed by atoms with Crippen LogP contribution in [0.25, 0.3) is 5.69 Å². The maximum atomic E-state index is 12.9. The molecule has 0 atom stereocenters. The lowest BCUT2D eigenvalue weighted by atomic mass is 10.1. The Morgan fingerprint density at radius 3 is 2.38 bits per heavy atom. The number of nitrogens with zero attached hydrogens (tertiary/aromatic N) is 2. The van der Waals surface area contributed by atoms with E-state index in [2.05, 4.69) is 16.0 Å². The number of rotatable bonds is 4. The van der Waals surface area contributed by atoms with Crippen LogP contribution < -0.4 is 16.3 Å². The highest BCUT2D eigenvalue weighted by molar-refractivity contribution is 6.30. The molecule has 0 radical (unpaired) electrons. The Kier molecular flexibility index (Phi) is 6.04. The molecule has 2 amide bonds. The minimum Gasteiger partial charge on any atom is -0.287 e. The van der Waals surface area contributed by atoms with E-state index in [0.29, 0.717) is 22.0 Å². The quantitative estimate of drug-likeness (QED) is 0.641. The molecule has 148 valence electrons. The van der Waals surface area contributed by atoms with Gasteiger partial charge in [-0.05, 0) is 48.9 Å². The number of benzene rings is 2. The smallest absolute Gasteiger partial charge is 0.287 e. The second-order valence-electron chi connectivity index (χ2n) is 6.19. The minimum atomic E-state index is -0.856. The largest absolute Gasteiger partial charge is 0.294 e. The number of nitrogens with one attached hydrogen (secondary N) is 2. The number of aromatic nitrogens is 2. The topological polar surface area (TPSA) is 93.1 Å². The first-order valence-electron chi connectivity index (χ1n) is 8.54. The van der Waals surface area contributed by atoms with Crippen molar-refractivity contribution in [3.8, 4) is 5.69 Å². The lowest BCUT2D eigenvalue weighted by Gasteiger charge is -2.12. The number of carbonyl (C=O) groups is 2. The zero-order valence-corrected chi connectivity index (χ0v) is 16.0. The molecule has 2 aromatic carbocycles. The average molecular weight is 415 g/mol. The molecule has 0 fully saturated rings. The predicted octanol–water partition coefficient (Wildman–Crippen LogP) is 2.34. The average Bonchev–Trinajstić information content (AvgIpc) is 2.69. The molecule has 7 nitrogen and oxygen atoms in total. The van der Waals surface area contributed by atoms with Gasteiger partial charge in [0.25, 0.3) is 5.91 Å². The number of carbonyl (C=O) groups excluding carboxylic acids is 2. The maximum absolute atomic E-state index is 12.9. The van der Waals surface area contributed by atoms with Gasteiger partial charge in [-0.15, -0.1) is 0 Å². The molecule has 0 spiro atoms. The van der Waals surface area contributed by atoms with E-state index in [1.807, 2.05) is 0 Å². The Labute approximate surface area is 170 Å². The van der Waals surface area contributed by atoms with E-state index in [1.54, 1.807) is 31.2 Å². The maximum Gasteiger partial charge on any atom is 0.294 e. The Bertz CT molecular complexity index is 1110. The van der Waals surface area contributed by atoms with Gasteiger partial charge in [0.1, 0.15) is 5.82 Å². The highest BCUT2D eigenvalue weighted by atomic mass is 35.5. The summed E-state index contributed by atoms with van der Waals surface area (Å²) in [5.41, 5.74) is 5.12. The third kappa shape index (κ3) is 5.05. The summed E-state index contributed by atoms with van der Waals surface area (Å²) in [4.78, 5) is 36.5. The zero-order chi connectivity index (χ0) is 21.0. The van der Waals surface area contributed by atoms with Crippen LogP contribution in [0.3, 0.4) is 0 Å². The van der Waals surface area contributed by atoms with Gasteiger partial charge in [-0.2, -0.15) is 5.10 Å². The highest BCUT2D eigenvalue weighted by Gasteiger charge is 2.16. The molecule has 3 rings (SSSR count). The van der Waals surface area contributed by atoms with E-state index in [0.717, 1.165) is 0 Å². The molecule has 0 aliphatic heterocycles. The van der Waals surface area contributed by atoms with Gasteiger partial charge in [0.15, 0.2) is 5.69 Å². The summed E-state index contributed by atoms with van der Waals surface area (Å²) < 4.78 is 14.3. The summed E-state index contributed by atoms with van der Waals surface area (Å²) in [6.07, 6.45) is -0.0725. The molecule has 2 N–H and O–H groups in total. The predicted molar refractivity (Wildman–Crippen MR) is 105 cm³/mol. The first-order chi connectivity index (χ1) is 13.8. The van der Waals surface area contributed by atoms with Crippen LogP contribution in [0.15, 0.2) is 59.4 Å². The van der Waals surface area contributed by atoms with Crippen molar-refractivity contribution in [1.82, 2.24) is 20.6 Å². The molecular weight excluding hydrogens is 399 g/mol. The van der Waals surface area contributed by atoms with Crippen LogP contribution in [0.2, 0.25) is 5.02 Å². The van der Waals surface area contributed by atoms with E-state index in [1.165, 1.54) is 35.0 Å². The molecule has 1 heterocycles. The van der Waals surface area contributed by atoms with Crippen LogP contribution in [0.4, 0.5) is 4.39 Å². The van der Waals surface area contributed by atoms with Gasteiger partial charge in [-0.3, -0.25) is 25.2 Å². The van der Waals surface area contributed by atoms with Crippen molar-refractivity contribution in [3.05, 3.63) is 92.6 Å². The third-order valence-electron chi connectivity index (χ3n) is 3.99. The van der Waals surface area contributed by atoms with Crippen LogP contribution in [0.1, 0.15) is 21.7 Å². The van der Waals surface area contributed by atoms with Gasteiger partial charge in [0, 0.05) is 16.8 Å². The SMILES string of the molecule is Cc1cc(=O)c(C(=O)NNC(=O)Cc2ccc(F)cc2)nn1-c1ccc(Cl)cc1. The Balaban J connectivity index is 1.72. The van der Waals surface area contributed by atoms with Gasteiger partial charge >= 0.3 is 0 Å². The summed E-state index contributed by atoms with van der Waals surface area (Å²) in [6.45, 7) is 1.68. The van der Waals surface area contributed by atoms with Crippen LogP contribution in [-0.4, -0.2) is 21.6 Å². The number of amides is 2. The van der Waals surface area contributed by atoms with E-state index < -0.39 is 23.1 Å². The summed E-state index contributed by atoms with van der Waals surface area (Å²) >= 11 is 5.88. The molecule has 0 unspecified atom stereocenters. The Morgan fingerprint density at radius 1 is 1.07 bits per heavy atom. The van der Waals surface area contributed by atoms with Crippen molar-refractivity contribution in [3.63, 3.8) is 0 Å². The van der Waals surface area contributed by atoms with Crippen LogP contribution in [0, 0.1) is 12.7 Å². The number of hydrogen-bond acceptors (Lipinski definition) is 4. The zero-order valence-electron chi connectivity index (χ0n) is 15.3. The van der Waals surface area contributed by atoms with Crippen LogP contribution >= 0.6 is 11.6 Å². The normalized spacial score (nSPS) is 10.4. The minimum absolute atomic E-state index is 0.0725. The van der Waals surface area contributed by atoms with Crippen molar-refractivity contribution in [2.75, 3.05) is 0 Å². The lowest BCUT2D eigenvalue weighted by Crippen LogP contribution is -2.44. The van der Waals surface area contributed by atoms with Crippen molar-refractivity contribution in [2.24, 2.45) is 0 Å². The van der Waals surface area contributed by atoms with E-state index >= 15 is 0 Å². The van der Waals surface area contributed by atoms with E-state index in [9.17, 15) is 18.8 Å². The fourth-order valence-electron chi connectivity index (χ4n) is 2.57. The monoisotopic (exact) mass is 414 g/mol. The molecule has 0 aliphatic rings. The van der Waals surface area contributed by atoms with Crippen molar-refractivity contribution in [1.29, 1.82) is 0 Å². The molecule has 0 saturated carbocycles. The van der Waals surface area contributed by atoms with Gasteiger partial charge in [0.2, 0.25) is 11.3 Å². The van der Waals surface area contributed by atoms with Gasteiger partial charge in [-0.25, -0.2) is 9.07 Å². The fourth-order valence-corrected chi connectivity index (χ4v) is 2.69. The first-order valence-corrected chi connectivity index (χ1v) is 8.92. The number of hydrogen-bond donors (Lipinski definition) is 2. The Morgan fingerprint density at radius 2 is 1.72 bits per heavy atom. The highest BCUT2D eigenvalue weighted by Crippen LogP contribution is 2.13. The molecule has 0 aliphatic carbocycles. The standard InChI is InChI=1S/C20H16ClFN4O3/c1-12-10-17(27)19(25-26(12)16-8-4-14(21)5-9-16)20(29)24-23-18(28)11-13-2-6-15(22)7-3-13/h2-10H,11H2,1H3,(H,23,28)(H,24,29). The second-order valence-corrected chi connectivity index (χ2v) is 6.63. The Hall–Kier alpha value is -3.52. The van der Waals surface area contributed by atoms with Crippen molar-refractivity contribution >= 4 is 23.4 Å². The molecule has 9 heteroatoms. The molecule has 3 aromatic rings. The molecule has 1 aromatic heterocycles. The molecular formula is C20H16ClFN4O3. The molecule has 29 heavy (non-hydrogen) atoms. The summed E-state index contributed by atoms with van der Waals surface area (Å²) in [5.74, 6) is -1.80. The van der Waals surface area contributed by atoms with Gasteiger partial charge < -0.3 is 0 Å². The summed E-state index contributed by atoms with van der Waals surface area (Å²) in [6, 6.07) is 13.4. The first kappa shape index (κ1) is 20.2. The fraction of sp³-hybridized carbons (Fsp3) is 0.100. The number of hydrazine groups is 1. The van der Waals surface area contributed by atoms with Crippen molar-refractivity contribution < 1.29 is 14.0 Å². The van der Waals surface area contributed by atoms with Crippen molar-refractivity contribution in [2.45, 2.75) is 13.3 Å². The number of aryl methyl sites for hydroxylation is 1.